The van der Waals surface area contributed by atoms with Crippen molar-refractivity contribution < 1.29 is 0 Å². The fraction of sp³-hybridized carbons (Fsp3) is 0.625. The molecule has 1 aromatic carbocycles. The zero-order valence-electron chi connectivity index (χ0n) is 12.3. The minimum atomic E-state index is 0.295. The summed E-state index contributed by atoms with van der Waals surface area (Å²) in [5, 5.41) is 5.12. The molecule has 3 atom stereocenters. The number of rotatable bonds is 7. The summed E-state index contributed by atoms with van der Waals surface area (Å²) < 4.78 is 0. The Bertz CT molecular complexity index is 392. The molecule has 0 radical (unpaired) electrons. The van der Waals surface area contributed by atoms with E-state index < -0.39 is 0 Å². The third-order valence-corrected chi connectivity index (χ3v) is 4.25. The van der Waals surface area contributed by atoms with Gasteiger partial charge < -0.3 is 5.32 Å². The number of halogens is 2. The van der Waals surface area contributed by atoms with E-state index in [4.69, 9.17) is 23.2 Å². The average Bonchev–Trinajstić information content (AvgIpc) is 2.36. The molecule has 0 fully saturated rings. The first-order chi connectivity index (χ1) is 8.97. The largest absolute Gasteiger partial charge is 0.307 e. The van der Waals surface area contributed by atoms with E-state index in [2.05, 4.69) is 33.0 Å². The minimum absolute atomic E-state index is 0.295. The first-order valence-corrected chi connectivity index (χ1v) is 7.94. The van der Waals surface area contributed by atoms with Gasteiger partial charge in [-0.05, 0) is 43.4 Å². The van der Waals surface area contributed by atoms with Crippen molar-refractivity contribution in [1.29, 1.82) is 0 Å². The maximum absolute atomic E-state index is 6.30. The molecule has 0 spiro atoms. The summed E-state index contributed by atoms with van der Waals surface area (Å²) in [5.41, 5.74) is 1.14. The van der Waals surface area contributed by atoms with E-state index >= 15 is 0 Å². The van der Waals surface area contributed by atoms with Gasteiger partial charge in [0.2, 0.25) is 0 Å². The summed E-state index contributed by atoms with van der Waals surface area (Å²) in [4.78, 5) is 0. The van der Waals surface area contributed by atoms with Crippen molar-refractivity contribution in [3.63, 3.8) is 0 Å². The number of benzene rings is 1. The van der Waals surface area contributed by atoms with Crippen LogP contribution in [0.4, 0.5) is 0 Å². The predicted molar refractivity (Wildman–Crippen MR) is 86.2 cm³/mol. The molecule has 1 rings (SSSR count). The van der Waals surface area contributed by atoms with Gasteiger partial charge in [-0.2, -0.15) is 0 Å². The smallest absolute Gasteiger partial charge is 0.0468 e. The quantitative estimate of drug-likeness (QED) is 0.665. The van der Waals surface area contributed by atoms with Gasteiger partial charge in [-0.25, -0.2) is 0 Å². The summed E-state index contributed by atoms with van der Waals surface area (Å²) in [5.74, 6) is 0.751. The lowest BCUT2D eigenvalue weighted by atomic mass is 9.98. The highest BCUT2D eigenvalue weighted by Gasteiger charge is 2.16. The number of hydrogen-bond donors (Lipinski definition) is 1. The zero-order chi connectivity index (χ0) is 14.4. The summed E-state index contributed by atoms with van der Waals surface area (Å²) in [6, 6.07) is 6.55. The second kappa shape index (κ2) is 8.14. The third-order valence-electron chi connectivity index (χ3n) is 3.68. The Kier molecular flexibility index (Phi) is 7.20. The van der Waals surface area contributed by atoms with E-state index in [1.54, 1.807) is 0 Å². The molecule has 108 valence electrons. The van der Waals surface area contributed by atoms with Crippen LogP contribution < -0.4 is 5.32 Å². The van der Waals surface area contributed by atoms with E-state index in [0.717, 1.165) is 22.9 Å². The minimum Gasteiger partial charge on any atom is -0.307 e. The summed E-state index contributed by atoms with van der Waals surface area (Å²) >= 11 is 12.2. The van der Waals surface area contributed by atoms with Crippen LogP contribution in [0.3, 0.4) is 0 Å². The normalized spacial score (nSPS) is 16.1. The standard InChI is InChI=1S/C16H25Cl2N/c1-5-11(3)9-12(4)19-16(6-2)14-8-7-13(17)10-15(14)18/h7-8,10-12,16,19H,5-6,9H2,1-4H3. The van der Waals surface area contributed by atoms with Gasteiger partial charge in [0.1, 0.15) is 0 Å². The van der Waals surface area contributed by atoms with Crippen molar-refractivity contribution in [2.45, 2.75) is 59.0 Å². The fourth-order valence-electron chi connectivity index (χ4n) is 2.39. The molecule has 0 saturated heterocycles. The van der Waals surface area contributed by atoms with Gasteiger partial charge in [-0.3, -0.25) is 0 Å². The molecular formula is C16H25Cl2N. The van der Waals surface area contributed by atoms with Crippen LogP contribution in [0, 0.1) is 5.92 Å². The first kappa shape index (κ1) is 16.8. The molecule has 0 saturated carbocycles. The fourth-order valence-corrected chi connectivity index (χ4v) is 2.93. The molecule has 0 amide bonds. The summed E-state index contributed by atoms with van der Waals surface area (Å²) in [7, 11) is 0. The van der Waals surface area contributed by atoms with Gasteiger partial charge in [0, 0.05) is 22.1 Å². The van der Waals surface area contributed by atoms with Crippen molar-refractivity contribution in [2.24, 2.45) is 5.92 Å². The van der Waals surface area contributed by atoms with Crippen molar-refractivity contribution in [3.05, 3.63) is 33.8 Å². The summed E-state index contributed by atoms with van der Waals surface area (Å²) in [6.07, 6.45) is 3.44. The number of hydrogen-bond acceptors (Lipinski definition) is 1. The van der Waals surface area contributed by atoms with Gasteiger partial charge in [-0.15, -0.1) is 0 Å². The average molecular weight is 302 g/mol. The highest BCUT2D eigenvalue weighted by molar-refractivity contribution is 6.35. The lowest BCUT2D eigenvalue weighted by Crippen LogP contribution is -2.31. The Morgan fingerprint density at radius 1 is 1.11 bits per heavy atom. The molecule has 0 aliphatic carbocycles. The highest BCUT2D eigenvalue weighted by atomic mass is 35.5. The van der Waals surface area contributed by atoms with Crippen LogP contribution in [0.1, 0.15) is 58.6 Å². The molecular weight excluding hydrogens is 277 g/mol. The SMILES string of the molecule is CCC(C)CC(C)NC(CC)c1ccc(Cl)cc1Cl. The highest BCUT2D eigenvalue weighted by Crippen LogP contribution is 2.28. The lowest BCUT2D eigenvalue weighted by molar-refractivity contribution is 0.371. The second-order valence-corrected chi connectivity index (χ2v) is 6.29. The van der Waals surface area contributed by atoms with E-state index in [9.17, 15) is 0 Å². The lowest BCUT2D eigenvalue weighted by Gasteiger charge is -2.25. The van der Waals surface area contributed by atoms with Crippen LogP contribution in [0.5, 0.6) is 0 Å². The molecule has 0 aromatic heterocycles. The maximum atomic E-state index is 6.30. The maximum Gasteiger partial charge on any atom is 0.0468 e. The molecule has 0 aliphatic heterocycles. The van der Waals surface area contributed by atoms with Gasteiger partial charge >= 0.3 is 0 Å². The van der Waals surface area contributed by atoms with Crippen molar-refractivity contribution in [1.82, 2.24) is 5.32 Å². The van der Waals surface area contributed by atoms with Gasteiger partial charge in [0.15, 0.2) is 0 Å². The van der Waals surface area contributed by atoms with Crippen molar-refractivity contribution in [3.8, 4) is 0 Å². The van der Waals surface area contributed by atoms with E-state index in [1.165, 1.54) is 12.8 Å². The molecule has 0 aliphatic rings. The Morgan fingerprint density at radius 3 is 2.32 bits per heavy atom. The second-order valence-electron chi connectivity index (χ2n) is 5.44. The van der Waals surface area contributed by atoms with Crippen LogP contribution in [0.15, 0.2) is 18.2 Å². The molecule has 0 heterocycles. The van der Waals surface area contributed by atoms with Crippen LogP contribution in [-0.2, 0) is 0 Å². The molecule has 0 bridgehead atoms. The van der Waals surface area contributed by atoms with Crippen LogP contribution in [0.25, 0.3) is 0 Å². The Labute approximate surface area is 127 Å². The topological polar surface area (TPSA) is 12.0 Å². The predicted octanol–water partition coefficient (Wildman–Crippen LogP) is 5.86. The third kappa shape index (κ3) is 5.33. The number of nitrogens with one attached hydrogen (secondary N) is 1. The molecule has 3 heteroatoms. The molecule has 1 N–H and O–H groups in total. The van der Waals surface area contributed by atoms with Crippen LogP contribution in [-0.4, -0.2) is 6.04 Å². The van der Waals surface area contributed by atoms with E-state index in [1.807, 2.05) is 18.2 Å². The Morgan fingerprint density at radius 2 is 1.79 bits per heavy atom. The Balaban J connectivity index is 2.72. The zero-order valence-corrected chi connectivity index (χ0v) is 13.9. The monoisotopic (exact) mass is 301 g/mol. The molecule has 1 aromatic rings. The molecule has 1 nitrogen and oxygen atoms in total. The van der Waals surface area contributed by atoms with Crippen LogP contribution in [0.2, 0.25) is 10.0 Å². The van der Waals surface area contributed by atoms with E-state index in [0.29, 0.717) is 17.1 Å². The molecule has 19 heavy (non-hydrogen) atoms. The molecule has 3 unspecified atom stereocenters. The van der Waals surface area contributed by atoms with Crippen molar-refractivity contribution in [2.75, 3.05) is 0 Å². The summed E-state index contributed by atoms with van der Waals surface area (Å²) in [6.45, 7) is 8.97. The van der Waals surface area contributed by atoms with Gasteiger partial charge in [0.25, 0.3) is 0 Å². The van der Waals surface area contributed by atoms with Gasteiger partial charge in [-0.1, -0.05) is 56.5 Å². The Hall–Kier alpha value is -0.240. The van der Waals surface area contributed by atoms with E-state index in [-0.39, 0.29) is 0 Å². The van der Waals surface area contributed by atoms with Crippen molar-refractivity contribution >= 4 is 23.2 Å². The van der Waals surface area contributed by atoms with Gasteiger partial charge in [0.05, 0.1) is 0 Å². The first-order valence-electron chi connectivity index (χ1n) is 7.18. The van der Waals surface area contributed by atoms with Crippen LogP contribution >= 0.6 is 23.2 Å².